The van der Waals surface area contributed by atoms with E-state index < -0.39 is 0 Å². The smallest absolute Gasteiger partial charge is 0.251 e. The Morgan fingerprint density at radius 1 is 1.07 bits per heavy atom. The van der Waals surface area contributed by atoms with Gasteiger partial charge in [-0.3, -0.25) is 4.79 Å². The highest BCUT2D eigenvalue weighted by Crippen LogP contribution is 2.24. The van der Waals surface area contributed by atoms with Crippen LogP contribution in [0, 0.1) is 0 Å². The first kappa shape index (κ1) is 19.3. The van der Waals surface area contributed by atoms with Gasteiger partial charge in [0.2, 0.25) is 0 Å². The predicted molar refractivity (Wildman–Crippen MR) is 115 cm³/mol. The van der Waals surface area contributed by atoms with E-state index >= 15 is 0 Å². The predicted octanol–water partition coefficient (Wildman–Crippen LogP) is 2.66. The second-order valence-corrected chi connectivity index (χ2v) is 7.28. The summed E-state index contributed by atoms with van der Waals surface area (Å²) in [6.45, 7) is 4.34. The summed E-state index contributed by atoms with van der Waals surface area (Å²) in [6, 6.07) is 13.4. The van der Waals surface area contributed by atoms with E-state index in [4.69, 9.17) is 5.73 Å². The third kappa shape index (κ3) is 4.70. The van der Waals surface area contributed by atoms with Gasteiger partial charge in [-0.05, 0) is 61.8 Å². The fourth-order valence-corrected chi connectivity index (χ4v) is 3.59. The van der Waals surface area contributed by atoms with Crippen LogP contribution in [-0.4, -0.2) is 47.0 Å². The Kier molecular flexibility index (Phi) is 5.97. The van der Waals surface area contributed by atoms with Crippen LogP contribution in [0.4, 0.5) is 11.5 Å². The van der Waals surface area contributed by atoms with Gasteiger partial charge in [-0.2, -0.15) is 0 Å². The molecule has 3 aromatic rings. The number of aromatic nitrogens is 2. The van der Waals surface area contributed by atoms with Crippen LogP contribution < -0.4 is 16.4 Å². The second kappa shape index (κ2) is 8.98. The fraction of sp³-hybridized carbons (Fsp3) is 0.318. The number of nitrogens with one attached hydrogen (secondary N) is 2. The van der Waals surface area contributed by atoms with Crippen molar-refractivity contribution < 1.29 is 4.79 Å². The average molecular weight is 390 g/mol. The lowest BCUT2D eigenvalue weighted by molar-refractivity contribution is 0.0950. The Labute approximate surface area is 170 Å². The second-order valence-electron chi connectivity index (χ2n) is 7.28. The van der Waals surface area contributed by atoms with Crippen LogP contribution in [0.2, 0.25) is 0 Å². The lowest BCUT2D eigenvalue weighted by atomic mass is 10.1. The van der Waals surface area contributed by atoms with Gasteiger partial charge in [-0.25, -0.2) is 9.97 Å². The SMILES string of the molecule is NCc1ccc(Nc2ncnc3cc(C(=O)NCCN4CCCC4)ccc23)cc1. The van der Waals surface area contributed by atoms with E-state index in [1.165, 1.54) is 19.2 Å². The minimum Gasteiger partial charge on any atom is -0.351 e. The van der Waals surface area contributed by atoms with E-state index in [0.717, 1.165) is 41.8 Å². The average Bonchev–Trinajstić information content (AvgIpc) is 3.27. The van der Waals surface area contributed by atoms with Crippen LogP contribution in [0.3, 0.4) is 0 Å². The lowest BCUT2D eigenvalue weighted by Gasteiger charge is -2.15. The van der Waals surface area contributed by atoms with E-state index in [1.807, 2.05) is 42.5 Å². The van der Waals surface area contributed by atoms with Crippen molar-refractivity contribution in [1.82, 2.24) is 20.2 Å². The number of nitrogens with zero attached hydrogens (tertiary/aromatic N) is 3. The first-order valence-corrected chi connectivity index (χ1v) is 10.0. The zero-order chi connectivity index (χ0) is 20.1. The van der Waals surface area contributed by atoms with Crippen molar-refractivity contribution in [3.63, 3.8) is 0 Å². The molecule has 7 heteroatoms. The number of hydrogen-bond acceptors (Lipinski definition) is 6. The molecule has 0 bridgehead atoms. The highest BCUT2D eigenvalue weighted by Gasteiger charge is 2.13. The Hall–Kier alpha value is -3.03. The van der Waals surface area contributed by atoms with Gasteiger partial charge < -0.3 is 21.3 Å². The summed E-state index contributed by atoms with van der Waals surface area (Å²) < 4.78 is 0. The third-order valence-electron chi connectivity index (χ3n) is 5.26. The first-order chi connectivity index (χ1) is 14.2. The molecule has 0 spiro atoms. The van der Waals surface area contributed by atoms with Gasteiger partial charge in [0, 0.05) is 36.3 Å². The Bertz CT molecular complexity index is 982. The van der Waals surface area contributed by atoms with Gasteiger partial charge in [-0.1, -0.05) is 12.1 Å². The van der Waals surface area contributed by atoms with Crippen LogP contribution >= 0.6 is 0 Å². The van der Waals surface area contributed by atoms with Crippen molar-refractivity contribution in [2.45, 2.75) is 19.4 Å². The van der Waals surface area contributed by atoms with Crippen LogP contribution in [0.1, 0.15) is 28.8 Å². The molecule has 2 aromatic carbocycles. The van der Waals surface area contributed by atoms with Crippen LogP contribution in [0.15, 0.2) is 48.8 Å². The zero-order valence-corrected chi connectivity index (χ0v) is 16.4. The molecule has 4 N–H and O–H groups in total. The monoisotopic (exact) mass is 390 g/mol. The van der Waals surface area contributed by atoms with Crippen LogP contribution in [0.25, 0.3) is 10.9 Å². The van der Waals surface area contributed by atoms with Crippen molar-refractivity contribution in [3.05, 3.63) is 59.9 Å². The summed E-state index contributed by atoms with van der Waals surface area (Å²) >= 11 is 0. The molecule has 1 aromatic heterocycles. The quantitative estimate of drug-likeness (QED) is 0.574. The first-order valence-electron chi connectivity index (χ1n) is 10.0. The number of hydrogen-bond donors (Lipinski definition) is 3. The molecule has 0 aliphatic carbocycles. The summed E-state index contributed by atoms with van der Waals surface area (Å²) in [7, 11) is 0. The number of amides is 1. The van der Waals surface area contributed by atoms with E-state index in [2.05, 4.69) is 25.5 Å². The molecule has 7 nitrogen and oxygen atoms in total. The van der Waals surface area contributed by atoms with E-state index in [9.17, 15) is 4.79 Å². The summed E-state index contributed by atoms with van der Waals surface area (Å²) in [6.07, 6.45) is 4.02. The number of fused-ring (bicyclic) bond motifs is 1. The lowest BCUT2D eigenvalue weighted by Crippen LogP contribution is -2.33. The molecular weight excluding hydrogens is 364 g/mol. The summed E-state index contributed by atoms with van der Waals surface area (Å²) in [5.41, 5.74) is 8.98. The molecule has 0 radical (unpaired) electrons. The largest absolute Gasteiger partial charge is 0.351 e. The fourth-order valence-electron chi connectivity index (χ4n) is 3.59. The minimum atomic E-state index is -0.0726. The molecule has 150 valence electrons. The molecule has 4 rings (SSSR count). The maximum absolute atomic E-state index is 12.5. The third-order valence-corrected chi connectivity index (χ3v) is 5.26. The van der Waals surface area contributed by atoms with Gasteiger partial charge in [0.25, 0.3) is 5.91 Å². The Balaban J connectivity index is 1.45. The molecule has 1 aliphatic heterocycles. The number of nitrogens with two attached hydrogens (primary N) is 1. The highest BCUT2D eigenvalue weighted by atomic mass is 16.1. The molecule has 1 saturated heterocycles. The summed E-state index contributed by atoms with van der Waals surface area (Å²) in [5.74, 6) is 0.632. The number of carbonyl (C=O) groups excluding carboxylic acids is 1. The van der Waals surface area contributed by atoms with Crippen molar-refractivity contribution in [2.24, 2.45) is 5.73 Å². The summed E-state index contributed by atoms with van der Waals surface area (Å²) in [4.78, 5) is 23.6. The Morgan fingerprint density at radius 2 is 1.86 bits per heavy atom. The minimum absolute atomic E-state index is 0.0726. The molecule has 1 aliphatic rings. The van der Waals surface area contributed by atoms with E-state index in [0.29, 0.717) is 24.5 Å². The van der Waals surface area contributed by atoms with E-state index in [1.54, 1.807) is 0 Å². The molecule has 29 heavy (non-hydrogen) atoms. The van der Waals surface area contributed by atoms with Crippen molar-refractivity contribution in [1.29, 1.82) is 0 Å². The molecule has 1 amide bonds. The summed E-state index contributed by atoms with van der Waals surface area (Å²) in [5, 5.41) is 7.19. The maximum Gasteiger partial charge on any atom is 0.251 e. The number of carbonyl (C=O) groups is 1. The molecule has 1 fully saturated rings. The molecular formula is C22H26N6O. The molecule has 0 unspecified atom stereocenters. The molecule has 0 atom stereocenters. The van der Waals surface area contributed by atoms with Gasteiger partial charge in [0.05, 0.1) is 5.52 Å². The van der Waals surface area contributed by atoms with Gasteiger partial charge in [0.15, 0.2) is 0 Å². The normalized spacial score (nSPS) is 14.2. The Morgan fingerprint density at radius 3 is 2.62 bits per heavy atom. The molecule has 2 heterocycles. The van der Waals surface area contributed by atoms with Gasteiger partial charge in [-0.15, -0.1) is 0 Å². The maximum atomic E-state index is 12.5. The topological polar surface area (TPSA) is 96.2 Å². The van der Waals surface area contributed by atoms with Crippen molar-refractivity contribution in [2.75, 3.05) is 31.5 Å². The van der Waals surface area contributed by atoms with Crippen LogP contribution in [-0.2, 0) is 6.54 Å². The van der Waals surface area contributed by atoms with Gasteiger partial charge >= 0.3 is 0 Å². The van der Waals surface area contributed by atoms with Crippen LogP contribution in [0.5, 0.6) is 0 Å². The number of rotatable bonds is 7. The van der Waals surface area contributed by atoms with E-state index in [-0.39, 0.29) is 5.91 Å². The highest BCUT2D eigenvalue weighted by molar-refractivity contribution is 6.00. The number of benzene rings is 2. The standard InChI is InChI=1S/C22H26N6O/c23-14-16-3-6-18(7-4-16)27-21-19-8-5-17(13-20(19)25-15-26-21)22(29)24-9-12-28-10-1-2-11-28/h3-8,13,15H,1-2,9-12,14,23H2,(H,24,29)(H,25,26,27). The van der Waals surface area contributed by atoms with Crippen molar-refractivity contribution >= 4 is 28.3 Å². The number of likely N-dealkylation sites (tertiary alicyclic amines) is 1. The van der Waals surface area contributed by atoms with Gasteiger partial charge in [0.1, 0.15) is 12.1 Å². The molecule has 0 saturated carbocycles. The zero-order valence-electron chi connectivity index (χ0n) is 16.4. The number of anilines is 2. The van der Waals surface area contributed by atoms with Crippen molar-refractivity contribution in [3.8, 4) is 0 Å².